The van der Waals surface area contributed by atoms with Gasteiger partial charge in [-0.25, -0.2) is 0 Å². The Morgan fingerprint density at radius 2 is 1.68 bits per heavy atom. The predicted octanol–water partition coefficient (Wildman–Crippen LogP) is 1.32. The number of benzene rings is 1. The number of epoxide rings is 2. The molecule has 5 rings (SSSR count). The van der Waals surface area contributed by atoms with E-state index in [-0.39, 0.29) is 30.1 Å². The van der Waals surface area contributed by atoms with Crippen molar-refractivity contribution in [3.8, 4) is 0 Å². The molecule has 0 bridgehead atoms. The fourth-order valence-corrected chi connectivity index (χ4v) is 3.08. The molecule has 1 aromatic carbocycles. The molecule has 8 heteroatoms. The van der Waals surface area contributed by atoms with Gasteiger partial charge in [0, 0.05) is 12.1 Å². The van der Waals surface area contributed by atoms with Crippen LogP contribution in [0.1, 0.15) is 29.2 Å². The molecule has 3 heterocycles. The number of rotatable bonds is 4. The fraction of sp³-hybridized carbons (Fsp3) is 0.429. The standard InChI is InChI=1S/C14H12N4O4/c19-18(20)8-3-1-7(2-4-8)5-6-17-15-9-10(16-17)12-14(22-12)13-11(9)21-13/h1-4,11-14H,5-6H2/t11-,12-,13-,14?/m1/s1. The van der Waals surface area contributed by atoms with E-state index in [9.17, 15) is 10.1 Å². The summed E-state index contributed by atoms with van der Waals surface area (Å²) in [5.74, 6) is 0. The van der Waals surface area contributed by atoms with Crippen molar-refractivity contribution < 1.29 is 14.4 Å². The average Bonchev–Trinajstić information content (AvgIpc) is 3.42. The van der Waals surface area contributed by atoms with Crippen molar-refractivity contribution in [1.82, 2.24) is 15.0 Å². The normalized spacial score (nSPS) is 30.2. The summed E-state index contributed by atoms with van der Waals surface area (Å²) in [7, 11) is 0. The largest absolute Gasteiger partial charge is 0.360 e. The molecule has 0 amide bonds. The molecule has 2 saturated heterocycles. The predicted molar refractivity (Wildman–Crippen MR) is 72.1 cm³/mol. The van der Waals surface area contributed by atoms with Gasteiger partial charge in [0.2, 0.25) is 0 Å². The number of aromatic nitrogens is 3. The number of non-ortho nitro benzene ring substituents is 1. The lowest BCUT2D eigenvalue weighted by Gasteiger charge is -2.00. The van der Waals surface area contributed by atoms with Gasteiger partial charge in [-0.05, 0) is 12.0 Å². The van der Waals surface area contributed by atoms with Gasteiger partial charge in [-0.2, -0.15) is 15.0 Å². The maximum absolute atomic E-state index is 10.6. The average molecular weight is 300 g/mol. The smallest absolute Gasteiger partial charge is 0.269 e. The summed E-state index contributed by atoms with van der Waals surface area (Å²) < 4.78 is 11.1. The highest BCUT2D eigenvalue weighted by Crippen LogP contribution is 2.59. The minimum atomic E-state index is -0.398. The summed E-state index contributed by atoms with van der Waals surface area (Å²) in [6.45, 7) is 0.625. The van der Waals surface area contributed by atoms with Crippen LogP contribution >= 0.6 is 0 Å². The van der Waals surface area contributed by atoms with Crippen molar-refractivity contribution in [1.29, 1.82) is 0 Å². The van der Waals surface area contributed by atoms with Crippen molar-refractivity contribution in [2.45, 2.75) is 37.4 Å². The van der Waals surface area contributed by atoms with E-state index in [1.165, 1.54) is 12.1 Å². The molecule has 1 unspecified atom stereocenters. The number of nitro groups is 1. The summed E-state index contributed by atoms with van der Waals surface area (Å²) in [5.41, 5.74) is 2.94. The zero-order valence-electron chi connectivity index (χ0n) is 11.5. The topological polar surface area (TPSA) is 98.9 Å². The third-order valence-corrected chi connectivity index (χ3v) is 4.37. The van der Waals surface area contributed by atoms with Crippen LogP contribution in [0.5, 0.6) is 0 Å². The highest BCUT2D eigenvalue weighted by atomic mass is 16.7. The van der Waals surface area contributed by atoms with Crippen molar-refractivity contribution in [2.24, 2.45) is 0 Å². The van der Waals surface area contributed by atoms with Gasteiger partial charge in [0.25, 0.3) is 5.69 Å². The number of hydrogen-bond acceptors (Lipinski definition) is 6. The zero-order chi connectivity index (χ0) is 14.8. The molecule has 0 radical (unpaired) electrons. The van der Waals surface area contributed by atoms with E-state index in [0.29, 0.717) is 6.54 Å². The Kier molecular flexibility index (Phi) is 2.29. The molecule has 0 spiro atoms. The lowest BCUT2D eigenvalue weighted by atomic mass is 10.0. The van der Waals surface area contributed by atoms with Crippen molar-refractivity contribution in [2.75, 3.05) is 0 Å². The van der Waals surface area contributed by atoms with Gasteiger partial charge in [0.1, 0.15) is 35.8 Å². The first-order valence-corrected chi connectivity index (χ1v) is 7.20. The van der Waals surface area contributed by atoms with E-state index in [1.54, 1.807) is 16.9 Å². The Balaban J connectivity index is 1.31. The molecule has 0 N–H and O–H groups in total. The molecule has 2 aromatic rings. The first kappa shape index (κ1) is 12.2. The fourth-order valence-electron chi connectivity index (χ4n) is 3.08. The van der Waals surface area contributed by atoms with Gasteiger partial charge in [0.15, 0.2) is 0 Å². The van der Waals surface area contributed by atoms with Gasteiger partial charge in [0.05, 0.1) is 11.5 Å². The first-order valence-electron chi connectivity index (χ1n) is 7.20. The van der Waals surface area contributed by atoms with Gasteiger partial charge >= 0.3 is 0 Å². The maximum atomic E-state index is 10.6. The van der Waals surface area contributed by atoms with E-state index >= 15 is 0 Å². The molecular weight excluding hydrogens is 288 g/mol. The zero-order valence-corrected chi connectivity index (χ0v) is 11.5. The minimum absolute atomic E-state index is 0.0619. The quantitative estimate of drug-likeness (QED) is 0.480. The van der Waals surface area contributed by atoms with Crippen LogP contribution in [0.3, 0.4) is 0 Å². The molecule has 2 fully saturated rings. The van der Waals surface area contributed by atoms with Gasteiger partial charge in [-0.3, -0.25) is 10.1 Å². The number of ether oxygens (including phenoxy) is 2. The Hall–Kier alpha value is -2.32. The van der Waals surface area contributed by atoms with Crippen LogP contribution in [0.25, 0.3) is 0 Å². The number of fused-ring (bicyclic) bond motifs is 6. The summed E-state index contributed by atoms with van der Waals surface area (Å²) >= 11 is 0. The molecule has 2 aliphatic heterocycles. The van der Waals surface area contributed by atoms with E-state index < -0.39 is 4.92 Å². The Bertz CT molecular complexity index is 738. The molecule has 22 heavy (non-hydrogen) atoms. The second kappa shape index (κ2) is 4.11. The summed E-state index contributed by atoms with van der Waals surface area (Å²) in [5, 5.41) is 19.6. The van der Waals surface area contributed by atoms with Crippen molar-refractivity contribution in [3.63, 3.8) is 0 Å². The van der Waals surface area contributed by atoms with E-state index in [0.717, 1.165) is 23.4 Å². The first-order chi connectivity index (χ1) is 10.7. The van der Waals surface area contributed by atoms with E-state index in [2.05, 4.69) is 10.2 Å². The number of nitro benzene ring substituents is 1. The maximum Gasteiger partial charge on any atom is 0.269 e. The van der Waals surface area contributed by atoms with E-state index in [4.69, 9.17) is 9.47 Å². The number of hydrogen-bond donors (Lipinski definition) is 0. The summed E-state index contributed by atoms with van der Waals surface area (Å²) in [6, 6.07) is 6.56. The highest BCUT2D eigenvalue weighted by Gasteiger charge is 2.66. The van der Waals surface area contributed by atoms with Gasteiger partial charge in [-0.1, -0.05) is 12.1 Å². The van der Waals surface area contributed by atoms with Crippen LogP contribution in [0, 0.1) is 10.1 Å². The van der Waals surface area contributed by atoms with Crippen LogP contribution in [0.4, 0.5) is 5.69 Å². The minimum Gasteiger partial charge on any atom is -0.360 e. The molecule has 1 aromatic heterocycles. The molecule has 3 aliphatic rings. The van der Waals surface area contributed by atoms with Gasteiger partial charge < -0.3 is 9.47 Å². The molecule has 1 aliphatic carbocycles. The molecule has 0 saturated carbocycles. The second-order valence-electron chi connectivity index (χ2n) is 5.78. The molecule has 8 nitrogen and oxygen atoms in total. The van der Waals surface area contributed by atoms with Crippen LogP contribution in [0.2, 0.25) is 0 Å². The van der Waals surface area contributed by atoms with Crippen LogP contribution in [0.15, 0.2) is 24.3 Å². The van der Waals surface area contributed by atoms with Crippen LogP contribution in [-0.4, -0.2) is 32.1 Å². The summed E-state index contributed by atoms with van der Waals surface area (Å²) in [6.07, 6.45) is 1.20. The Morgan fingerprint density at radius 3 is 2.23 bits per heavy atom. The van der Waals surface area contributed by atoms with Crippen molar-refractivity contribution >= 4 is 5.69 Å². The van der Waals surface area contributed by atoms with Crippen molar-refractivity contribution in [3.05, 3.63) is 51.3 Å². The lowest BCUT2D eigenvalue weighted by Crippen LogP contribution is -2.07. The molecule has 112 valence electrons. The Morgan fingerprint density at radius 1 is 1.09 bits per heavy atom. The third kappa shape index (κ3) is 1.77. The van der Waals surface area contributed by atoms with E-state index in [1.807, 2.05) is 0 Å². The molecule has 4 atom stereocenters. The van der Waals surface area contributed by atoms with Gasteiger partial charge in [-0.15, -0.1) is 0 Å². The summed E-state index contributed by atoms with van der Waals surface area (Å²) in [4.78, 5) is 11.9. The SMILES string of the molecule is O=[N+]([O-])c1ccc(CCn2nc3c(n2)[C@H]2O[C@H]2C2O[C@H]32)cc1. The number of aryl methyl sites for hydroxylation is 2. The monoisotopic (exact) mass is 300 g/mol. The second-order valence-corrected chi connectivity index (χ2v) is 5.78. The Labute approximate surface area is 124 Å². The van der Waals surface area contributed by atoms with Crippen LogP contribution in [-0.2, 0) is 22.4 Å². The highest BCUT2D eigenvalue weighted by molar-refractivity contribution is 5.33. The molecular formula is C14H12N4O4. The van der Waals surface area contributed by atoms with Crippen LogP contribution < -0.4 is 0 Å². The number of nitrogens with zero attached hydrogens (tertiary/aromatic N) is 4. The lowest BCUT2D eigenvalue weighted by molar-refractivity contribution is -0.384. The third-order valence-electron chi connectivity index (χ3n) is 4.37.